The van der Waals surface area contributed by atoms with E-state index in [0.717, 1.165) is 28.3 Å². The normalized spacial score (nSPS) is 12.2. The Bertz CT molecular complexity index is 525. The highest BCUT2D eigenvalue weighted by atomic mass is 35.5. The summed E-state index contributed by atoms with van der Waals surface area (Å²) in [6.07, 6.45) is 0.890. The van der Waals surface area contributed by atoms with Gasteiger partial charge in [-0.05, 0) is 30.2 Å². The van der Waals surface area contributed by atoms with E-state index in [-0.39, 0.29) is 6.04 Å². The molecule has 1 atom stereocenters. The van der Waals surface area contributed by atoms with Crippen molar-refractivity contribution in [3.8, 4) is 5.75 Å². The van der Waals surface area contributed by atoms with Gasteiger partial charge < -0.3 is 10.5 Å². The van der Waals surface area contributed by atoms with Gasteiger partial charge in [-0.15, -0.1) is 0 Å². The molecule has 0 saturated heterocycles. The molecule has 0 amide bonds. The number of hydrogen-bond donors (Lipinski definition) is 1. The smallest absolute Gasteiger partial charge is 0.124 e. The van der Waals surface area contributed by atoms with E-state index in [4.69, 9.17) is 22.1 Å². The summed E-state index contributed by atoms with van der Waals surface area (Å²) in [5.74, 6) is 0.854. The third-order valence-electron chi connectivity index (χ3n) is 3.07. The average molecular weight is 276 g/mol. The molecule has 2 N–H and O–H groups in total. The number of halogens is 1. The molecule has 0 bridgehead atoms. The maximum atomic E-state index is 6.09. The predicted octanol–water partition coefficient (Wildman–Crippen LogP) is 4.33. The standard InChI is InChI=1S/C16H18ClNO/c1-2-15(18)14-5-3-4-6-16(14)19-11-12-7-9-13(17)10-8-12/h3-10,15H,2,11,18H2,1H3/t15-/m1/s1. The second-order valence-electron chi connectivity index (χ2n) is 4.47. The first-order valence-electron chi connectivity index (χ1n) is 6.42. The van der Waals surface area contributed by atoms with Crippen LogP contribution in [-0.2, 0) is 6.61 Å². The lowest BCUT2D eigenvalue weighted by Gasteiger charge is -2.15. The van der Waals surface area contributed by atoms with Crippen molar-refractivity contribution in [3.63, 3.8) is 0 Å². The molecule has 0 aromatic heterocycles. The first-order valence-corrected chi connectivity index (χ1v) is 6.80. The Morgan fingerprint density at radius 3 is 2.47 bits per heavy atom. The molecule has 2 rings (SSSR count). The lowest BCUT2D eigenvalue weighted by atomic mass is 10.0. The van der Waals surface area contributed by atoms with Gasteiger partial charge in [0.1, 0.15) is 12.4 Å². The molecule has 2 aromatic carbocycles. The highest BCUT2D eigenvalue weighted by Crippen LogP contribution is 2.26. The molecule has 3 heteroatoms. The Balaban J connectivity index is 2.09. The average Bonchev–Trinajstić information content (AvgIpc) is 2.46. The zero-order chi connectivity index (χ0) is 13.7. The van der Waals surface area contributed by atoms with Crippen LogP contribution in [0.25, 0.3) is 0 Å². The van der Waals surface area contributed by atoms with Crippen LogP contribution in [0.2, 0.25) is 5.02 Å². The SMILES string of the molecule is CC[C@@H](N)c1ccccc1OCc1ccc(Cl)cc1. The van der Waals surface area contributed by atoms with Crippen molar-refractivity contribution in [2.24, 2.45) is 5.73 Å². The van der Waals surface area contributed by atoms with Crippen LogP contribution in [-0.4, -0.2) is 0 Å². The Labute approximate surface area is 119 Å². The van der Waals surface area contributed by atoms with Crippen molar-refractivity contribution in [1.29, 1.82) is 0 Å². The van der Waals surface area contributed by atoms with E-state index in [1.165, 1.54) is 0 Å². The fraction of sp³-hybridized carbons (Fsp3) is 0.250. The fourth-order valence-electron chi connectivity index (χ4n) is 1.88. The van der Waals surface area contributed by atoms with Gasteiger partial charge in [-0.2, -0.15) is 0 Å². The van der Waals surface area contributed by atoms with Crippen LogP contribution < -0.4 is 10.5 Å². The van der Waals surface area contributed by atoms with Crippen LogP contribution in [0.5, 0.6) is 5.75 Å². The summed E-state index contributed by atoms with van der Waals surface area (Å²) < 4.78 is 5.86. The molecule has 0 fully saturated rings. The molecular weight excluding hydrogens is 258 g/mol. The van der Waals surface area contributed by atoms with Gasteiger partial charge in [0, 0.05) is 16.6 Å². The molecule has 0 radical (unpaired) electrons. The Hall–Kier alpha value is -1.51. The topological polar surface area (TPSA) is 35.2 Å². The summed E-state index contributed by atoms with van der Waals surface area (Å²) in [6, 6.07) is 15.6. The van der Waals surface area contributed by atoms with Crippen LogP contribution in [0.15, 0.2) is 48.5 Å². The molecule has 0 aliphatic heterocycles. The van der Waals surface area contributed by atoms with Crippen LogP contribution in [0.3, 0.4) is 0 Å². The molecule has 2 aromatic rings. The van der Waals surface area contributed by atoms with E-state index in [1.54, 1.807) is 0 Å². The Morgan fingerprint density at radius 1 is 1.11 bits per heavy atom. The van der Waals surface area contributed by atoms with Crippen molar-refractivity contribution in [2.75, 3.05) is 0 Å². The molecule has 0 heterocycles. The third kappa shape index (κ3) is 3.72. The van der Waals surface area contributed by atoms with Gasteiger partial charge in [0.15, 0.2) is 0 Å². The monoisotopic (exact) mass is 275 g/mol. The van der Waals surface area contributed by atoms with Gasteiger partial charge in [0.2, 0.25) is 0 Å². The minimum Gasteiger partial charge on any atom is -0.489 e. The maximum Gasteiger partial charge on any atom is 0.124 e. The zero-order valence-corrected chi connectivity index (χ0v) is 11.7. The first kappa shape index (κ1) is 13.9. The van der Waals surface area contributed by atoms with Crippen molar-refractivity contribution in [2.45, 2.75) is 26.0 Å². The number of benzene rings is 2. The first-order chi connectivity index (χ1) is 9.20. The Morgan fingerprint density at radius 2 is 1.79 bits per heavy atom. The number of rotatable bonds is 5. The van der Waals surface area contributed by atoms with Crippen molar-refractivity contribution < 1.29 is 4.74 Å². The van der Waals surface area contributed by atoms with Gasteiger partial charge in [-0.1, -0.05) is 48.9 Å². The number of ether oxygens (including phenoxy) is 1. The highest BCUT2D eigenvalue weighted by Gasteiger charge is 2.09. The van der Waals surface area contributed by atoms with Crippen molar-refractivity contribution in [3.05, 3.63) is 64.7 Å². The molecule has 0 aliphatic rings. The van der Waals surface area contributed by atoms with Gasteiger partial charge in [0.05, 0.1) is 0 Å². The Kier molecular flexibility index (Phi) is 4.83. The quantitative estimate of drug-likeness (QED) is 0.881. The molecule has 0 aliphatic carbocycles. The van der Waals surface area contributed by atoms with Crippen LogP contribution in [0.1, 0.15) is 30.5 Å². The fourth-order valence-corrected chi connectivity index (χ4v) is 2.01. The molecule has 100 valence electrons. The minimum atomic E-state index is 0.0152. The van der Waals surface area contributed by atoms with Gasteiger partial charge in [-0.25, -0.2) is 0 Å². The summed E-state index contributed by atoms with van der Waals surface area (Å²) in [6.45, 7) is 2.59. The van der Waals surface area contributed by atoms with E-state index >= 15 is 0 Å². The lowest BCUT2D eigenvalue weighted by molar-refractivity contribution is 0.300. The third-order valence-corrected chi connectivity index (χ3v) is 3.32. The van der Waals surface area contributed by atoms with Gasteiger partial charge in [0.25, 0.3) is 0 Å². The lowest BCUT2D eigenvalue weighted by Crippen LogP contribution is -2.10. The van der Waals surface area contributed by atoms with Crippen LogP contribution in [0, 0.1) is 0 Å². The maximum absolute atomic E-state index is 6.09. The molecule has 0 unspecified atom stereocenters. The molecule has 0 saturated carbocycles. The summed E-state index contributed by atoms with van der Waals surface area (Å²) in [5, 5.41) is 0.733. The molecule has 19 heavy (non-hydrogen) atoms. The summed E-state index contributed by atoms with van der Waals surface area (Å²) in [5.41, 5.74) is 8.23. The molecular formula is C16H18ClNO. The van der Waals surface area contributed by atoms with Crippen molar-refractivity contribution in [1.82, 2.24) is 0 Å². The van der Waals surface area contributed by atoms with E-state index in [1.807, 2.05) is 48.5 Å². The zero-order valence-electron chi connectivity index (χ0n) is 11.0. The van der Waals surface area contributed by atoms with E-state index in [0.29, 0.717) is 6.61 Å². The van der Waals surface area contributed by atoms with E-state index < -0.39 is 0 Å². The van der Waals surface area contributed by atoms with E-state index in [9.17, 15) is 0 Å². The number of hydrogen-bond acceptors (Lipinski definition) is 2. The second-order valence-corrected chi connectivity index (χ2v) is 4.90. The number of nitrogens with two attached hydrogens (primary N) is 1. The largest absolute Gasteiger partial charge is 0.489 e. The summed E-state index contributed by atoms with van der Waals surface area (Å²) in [7, 11) is 0. The molecule has 0 spiro atoms. The predicted molar refractivity (Wildman–Crippen MR) is 79.4 cm³/mol. The highest BCUT2D eigenvalue weighted by molar-refractivity contribution is 6.30. The van der Waals surface area contributed by atoms with E-state index in [2.05, 4.69) is 6.92 Å². The van der Waals surface area contributed by atoms with Crippen LogP contribution in [0.4, 0.5) is 0 Å². The minimum absolute atomic E-state index is 0.0152. The van der Waals surface area contributed by atoms with Gasteiger partial charge in [-0.3, -0.25) is 0 Å². The summed E-state index contributed by atoms with van der Waals surface area (Å²) in [4.78, 5) is 0. The summed E-state index contributed by atoms with van der Waals surface area (Å²) >= 11 is 5.86. The van der Waals surface area contributed by atoms with Crippen LogP contribution >= 0.6 is 11.6 Å². The molecule has 2 nitrogen and oxygen atoms in total. The number of para-hydroxylation sites is 1. The second kappa shape index (κ2) is 6.60. The van der Waals surface area contributed by atoms with Crippen molar-refractivity contribution >= 4 is 11.6 Å². The van der Waals surface area contributed by atoms with Gasteiger partial charge >= 0.3 is 0 Å².